The summed E-state index contributed by atoms with van der Waals surface area (Å²) in [6.45, 7) is 2.25. The largest absolute Gasteiger partial charge is 0.376 e. The number of likely N-dealkylation sites (tertiary alicyclic amines) is 1. The first-order valence-electron chi connectivity index (χ1n) is 6.45. The van der Waals surface area contributed by atoms with Crippen molar-refractivity contribution in [3.05, 3.63) is 24.3 Å². The summed E-state index contributed by atoms with van der Waals surface area (Å²) in [7, 11) is 0. The van der Waals surface area contributed by atoms with Gasteiger partial charge in [-0.05, 0) is 49.8 Å². The Bertz CT molecular complexity index is 385. The fourth-order valence-corrected chi connectivity index (χ4v) is 2.55. The van der Waals surface area contributed by atoms with Crippen LogP contribution in [0.25, 0.3) is 0 Å². The zero-order valence-corrected chi connectivity index (χ0v) is 11.6. The Morgan fingerprint density at radius 3 is 2.50 bits per heavy atom. The lowest BCUT2D eigenvalue weighted by Gasteiger charge is -2.26. The van der Waals surface area contributed by atoms with Crippen LogP contribution in [0.3, 0.4) is 0 Å². The molecule has 2 rings (SSSR count). The van der Waals surface area contributed by atoms with Crippen LogP contribution in [0.15, 0.2) is 29.2 Å². The maximum Gasteiger partial charge on any atom is 0.241 e. The average Bonchev–Trinajstić information content (AvgIpc) is 2.46. The van der Waals surface area contributed by atoms with Gasteiger partial charge in [-0.15, -0.1) is 11.8 Å². The minimum absolute atomic E-state index is 0.212. The zero-order valence-electron chi connectivity index (χ0n) is 10.8. The van der Waals surface area contributed by atoms with Gasteiger partial charge in [0.05, 0.1) is 6.54 Å². The van der Waals surface area contributed by atoms with E-state index in [2.05, 4.69) is 23.7 Å². The predicted molar refractivity (Wildman–Crippen MR) is 77.1 cm³/mol. The molecule has 0 spiro atoms. The van der Waals surface area contributed by atoms with Crippen LogP contribution < -0.4 is 5.32 Å². The van der Waals surface area contributed by atoms with Gasteiger partial charge in [0.2, 0.25) is 5.91 Å². The Morgan fingerprint density at radius 1 is 1.22 bits per heavy atom. The fourth-order valence-electron chi connectivity index (χ4n) is 2.14. The number of hydrogen-bond donors (Lipinski definition) is 1. The SMILES string of the molecule is CSc1ccc(NCC(=O)N2CCCCC2)cc1. The second kappa shape index (κ2) is 6.69. The average molecular weight is 264 g/mol. The van der Waals surface area contributed by atoms with Crippen molar-refractivity contribution in [1.29, 1.82) is 0 Å². The van der Waals surface area contributed by atoms with E-state index in [-0.39, 0.29) is 5.91 Å². The molecular formula is C14H20N2OS. The van der Waals surface area contributed by atoms with Gasteiger partial charge < -0.3 is 10.2 Å². The first-order valence-corrected chi connectivity index (χ1v) is 7.68. The van der Waals surface area contributed by atoms with Gasteiger partial charge in [0.1, 0.15) is 0 Å². The van der Waals surface area contributed by atoms with Gasteiger partial charge in [-0.1, -0.05) is 0 Å². The molecule has 0 aromatic heterocycles. The Hall–Kier alpha value is -1.16. The zero-order chi connectivity index (χ0) is 12.8. The van der Waals surface area contributed by atoms with Crippen LogP contribution in [0.2, 0.25) is 0 Å². The number of carbonyl (C=O) groups is 1. The molecule has 3 nitrogen and oxygen atoms in total. The van der Waals surface area contributed by atoms with Crippen LogP contribution in [-0.4, -0.2) is 36.7 Å². The number of nitrogens with one attached hydrogen (secondary N) is 1. The number of anilines is 1. The Kier molecular flexibility index (Phi) is 4.93. The van der Waals surface area contributed by atoms with Gasteiger partial charge in [0.15, 0.2) is 0 Å². The smallest absolute Gasteiger partial charge is 0.241 e. The molecule has 1 N–H and O–H groups in total. The lowest BCUT2D eigenvalue weighted by Crippen LogP contribution is -2.39. The molecule has 0 unspecified atom stereocenters. The number of hydrogen-bond acceptors (Lipinski definition) is 3. The number of benzene rings is 1. The maximum absolute atomic E-state index is 12.0. The van der Waals surface area contributed by atoms with Crippen LogP contribution in [0, 0.1) is 0 Å². The van der Waals surface area contributed by atoms with E-state index in [0.29, 0.717) is 6.54 Å². The number of thioether (sulfide) groups is 1. The van der Waals surface area contributed by atoms with Crippen molar-refractivity contribution in [2.45, 2.75) is 24.2 Å². The molecule has 1 aromatic carbocycles. The van der Waals surface area contributed by atoms with Gasteiger partial charge in [-0.3, -0.25) is 4.79 Å². The highest BCUT2D eigenvalue weighted by Gasteiger charge is 2.15. The van der Waals surface area contributed by atoms with E-state index in [9.17, 15) is 4.79 Å². The summed E-state index contributed by atoms with van der Waals surface area (Å²) >= 11 is 1.72. The molecule has 1 saturated heterocycles. The summed E-state index contributed by atoms with van der Waals surface area (Å²) in [6, 6.07) is 8.18. The van der Waals surface area contributed by atoms with E-state index in [1.807, 2.05) is 17.0 Å². The van der Waals surface area contributed by atoms with Gasteiger partial charge in [-0.2, -0.15) is 0 Å². The number of amides is 1. The van der Waals surface area contributed by atoms with E-state index in [4.69, 9.17) is 0 Å². The highest BCUT2D eigenvalue weighted by molar-refractivity contribution is 7.98. The summed E-state index contributed by atoms with van der Waals surface area (Å²) in [4.78, 5) is 15.2. The third kappa shape index (κ3) is 3.67. The summed E-state index contributed by atoms with van der Waals surface area (Å²) in [5.41, 5.74) is 1.01. The summed E-state index contributed by atoms with van der Waals surface area (Å²) in [5.74, 6) is 0.212. The van der Waals surface area contributed by atoms with Crippen molar-refractivity contribution >= 4 is 23.4 Å². The molecule has 1 fully saturated rings. The van der Waals surface area contributed by atoms with Crippen LogP contribution >= 0.6 is 11.8 Å². The molecule has 0 saturated carbocycles. The van der Waals surface area contributed by atoms with E-state index in [0.717, 1.165) is 31.6 Å². The van der Waals surface area contributed by atoms with E-state index < -0.39 is 0 Å². The van der Waals surface area contributed by atoms with Crippen molar-refractivity contribution in [1.82, 2.24) is 4.90 Å². The second-order valence-corrected chi connectivity index (χ2v) is 5.40. The molecule has 1 heterocycles. The molecular weight excluding hydrogens is 244 g/mol. The van der Waals surface area contributed by atoms with E-state index >= 15 is 0 Å². The third-order valence-corrected chi connectivity index (χ3v) is 3.99. The van der Waals surface area contributed by atoms with Crippen molar-refractivity contribution < 1.29 is 4.79 Å². The summed E-state index contributed by atoms with van der Waals surface area (Å²) in [6.07, 6.45) is 5.61. The summed E-state index contributed by atoms with van der Waals surface area (Å²) in [5, 5.41) is 3.19. The van der Waals surface area contributed by atoms with E-state index in [1.54, 1.807) is 11.8 Å². The molecule has 18 heavy (non-hydrogen) atoms. The quantitative estimate of drug-likeness (QED) is 0.849. The molecule has 1 amide bonds. The van der Waals surface area contributed by atoms with Crippen LogP contribution in [0.1, 0.15) is 19.3 Å². The standard InChI is InChI=1S/C14H20N2OS/c1-18-13-7-5-12(6-8-13)15-11-14(17)16-9-3-2-4-10-16/h5-8,15H,2-4,9-11H2,1H3. The van der Waals surface area contributed by atoms with Gasteiger partial charge in [0, 0.05) is 23.7 Å². The molecule has 98 valence electrons. The third-order valence-electron chi connectivity index (χ3n) is 3.24. The molecule has 0 radical (unpaired) electrons. The highest BCUT2D eigenvalue weighted by Crippen LogP contribution is 2.17. The first kappa shape index (κ1) is 13.3. The lowest BCUT2D eigenvalue weighted by atomic mass is 10.1. The fraction of sp³-hybridized carbons (Fsp3) is 0.500. The number of rotatable bonds is 4. The number of nitrogens with zero attached hydrogens (tertiary/aromatic N) is 1. The Morgan fingerprint density at radius 2 is 1.89 bits per heavy atom. The minimum atomic E-state index is 0.212. The molecule has 1 aliphatic rings. The molecule has 1 aromatic rings. The topological polar surface area (TPSA) is 32.3 Å². The normalized spacial score (nSPS) is 15.5. The van der Waals surface area contributed by atoms with Gasteiger partial charge >= 0.3 is 0 Å². The molecule has 1 aliphatic heterocycles. The molecule has 0 bridgehead atoms. The van der Waals surface area contributed by atoms with Crippen molar-refractivity contribution in [2.75, 3.05) is 31.2 Å². The highest BCUT2D eigenvalue weighted by atomic mass is 32.2. The minimum Gasteiger partial charge on any atom is -0.376 e. The lowest BCUT2D eigenvalue weighted by molar-refractivity contribution is -0.130. The Balaban J connectivity index is 1.80. The predicted octanol–water partition coefficient (Wildman–Crippen LogP) is 2.83. The van der Waals surface area contributed by atoms with Gasteiger partial charge in [0.25, 0.3) is 0 Å². The number of carbonyl (C=O) groups excluding carboxylic acids is 1. The van der Waals surface area contributed by atoms with E-state index in [1.165, 1.54) is 11.3 Å². The maximum atomic E-state index is 12.0. The van der Waals surface area contributed by atoms with Crippen molar-refractivity contribution in [3.63, 3.8) is 0 Å². The molecule has 0 aliphatic carbocycles. The molecule has 0 atom stereocenters. The molecule has 4 heteroatoms. The monoisotopic (exact) mass is 264 g/mol. The number of piperidine rings is 1. The summed E-state index contributed by atoms with van der Waals surface area (Å²) < 4.78 is 0. The Labute approximate surface area is 113 Å². The van der Waals surface area contributed by atoms with Crippen LogP contribution in [0.4, 0.5) is 5.69 Å². The van der Waals surface area contributed by atoms with Crippen LogP contribution in [-0.2, 0) is 4.79 Å². The van der Waals surface area contributed by atoms with Gasteiger partial charge in [-0.25, -0.2) is 0 Å². The van der Waals surface area contributed by atoms with Crippen LogP contribution in [0.5, 0.6) is 0 Å². The first-order chi connectivity index (χ1) is 8.79. The van der Waals surface area contributed by atoms with Crippen molar-refractivity contribution in [2.24, 2.45) is 0 Å². The van der Waals surface area contributed by atoms with Crippen molar-refractivity contribution in [3.8, 4) is 0 Å². The second-order valence-electron chi connectivity index (χ2n) is 4.52.